The van der Waals surface area contributed by atoms with Crippen molar-refractivity contribution in [2.75, 3.05) is 68.9 Å². The number of quaternary nitrogens is 1. The molecule has 0 bridgehead atoms. The molecule has 326 valence electrons. The van der Waals surface area contributed by atoms with E-state index in [2.05, 4.69) is 52.6 Å². The van der Waals surface area contributed by atoms with Gasteiger partial charge in [0.2, 0.25) is 0 Å². The molecule has 4 aromatic rings. The number of amides is 6. The van der Waals surface area contributed by atoms with Gasteiger partial charge in [0, 0.05) is 13.1 Å². The Morgan fingerprint density at radius 1 is 0.672 bits per heavy atom. The third-order valence-electron chi connectivity index (χ3n) is 11.4. The number of piperidine rings is 2. The third kappa shape index (κ3) is 11.8. The van der Waals surface area contributed by atoms with Crippen LogP contribution in [0.3, 0.4) is 0 Å². The number of thiophene rings is 2. The minimum Gasteiger partial charge on any atom is -1.00 e. The molecular formula is C43H48Cl2I2N6O6S2. The van der Waals surface area contributed by atoms with Gasteiger partial charge in [0.1, 0.15) is 0 Å². The average molecular weight is 1130 g/mol. The zero-order valence-electron chi connectivity index (χ0n) is 34.0. The number of halogens is 4. The van der Waals surface area contributed by atoms with Gasteiger partial charge in [-0.3, -0.25) is 38.6 Å². The smallest absolute Gasteiger partial charge is 0.265 e. The fourth-order valence-electron chi connectivity index (χ4n) is 7.92. The lowest BCUT2D eigenvalue weighted by Crippen LogP contribution is -3.00. The summed E-state index contributed by atoms with van der Waals surface area (Å²) in [7, 11) is 4.47. The molecular weight excluding hydrogens is 1090 g/mol. The number of imide groups is 2. The van der Waals surface area contributed by atoms with E-state index in [0.29, 0.717) is 65.9 Å². The van der Waals surface area contributed by atoms with Crippen LogP contribution in [0.1, 0.15) is 99.3 Å². The molecule has 3 N–H and O–H groups in total. The predicted molar refractivity (Wildman–Crippen MR) is 248 cm³/mol. The highest BCUT2D eigenvalue weighted by Gasteiger charge is 2.39. The summed E-state index contributed by atoms with van der Waals surface area (Å²) in [6, 6.07) is 16.5. The molecule has 0 atom stereocenters. The molecule has 4 aliphatic heterocycles. The monoisotopic (exact) mass is 1130 g/mol. The van der Waals surface area contributed by atoms with Crippen LogP contribution in [0, 0.1) is 11.8 Å². The van der Waals surface area contributed by atoms with E-state index in [0.717, 1.165) is 91.9 Å². The summed E-state index contributed by atoms with van der Waals surface area (Å²) in [5, 5.41) is 8.84. The van der Waals surface area contributed by atoms with Crippen molar-refractivity contribution in [3.8, 4) is 0 Å². The minimum atomic E-state index is -0.348. The van der Waals surface area contributed by atoms with Crippen molar-refractivity contribution >= 4 is 115 Å². The van der Waals surface area contributed by atoms with Crippen LogP contribution in [0.25, 0.3) is 0 Å². The highest BCUT2D eigenvalue weighted by Crippen LogP contribution is 2.34. The van der Waals surface area contributed by atoms with Crippen LogP contribution in [0.4, 0.5) is 11.4 Å². The molecule has 2 fully saturated rings. The number of nitrogens with zero attached hydrogens (tertiary/aromatic N) is 3. The predicted octanol–water partition coefficient (Wildman–Crippen LogP) is 5.82. The maximum absolute atomic E-state index is 13.1. The molecule has 4 aliphatic rings. The Kier molecular flexibility index (Phi) is 17.8. The lowest BCUT2D eigenvalue weighted by atomic mass is 9.92. The molecule has 0 aliphatic carbocycles. The highest BCUT2D eigenvalue weighted by atomic mass is 127. The Bertz CT molecular complexity index is 2270. The van der Waals surface area contributed by atoms with E-state index in [4.69, 9.17) is 23.2 Å². The molecule has 0 unspecified atom stereocenters. The van der Waals surface area contributed by atoms with Crippen LogP contribution >= 0.6 is 68.5 Å². The van der Waals surface area contributed by atoms with Gasteiger partial charge in [-0.2, -0.15) is 0 Å². The molecule has 12 nitrogen and oxygen atoms in total. The Morgan fingerprint density at radius 2 is 1.08 bits per heavy atom. The van der Waals surface area contributed by atoms with E-state index >= 15 is 0 Å². The van der Waals surface area contributed by atoms with Crippen molar-refractivity contribution in [2.24, 2.45) is 11.8 Å². The highest BCUT2D eigenvalue weighted by molar-refractivity contribution is 14.1. The second-order valence-electron chi connectivity index (χ2n) is 15.7. The van der Waals surface area contributed by atoms with Crippen molar-refractivity contribution < 1.29 is 57.2 Å². The van der Waals surface area contributed by atoms with Crippen LogP contribution in [-0.2, 0) is 0 Å². The fourth-order valence-corrected chi connectivity index (χ4v) is 9.80. The zero-order chi connectivity index (χ0) is 43.1. The van der Waals surface area contributed by atoms with E-state index in [-0.39, 0.29) is 70.5 Å². The van der Waals surface area contributed by atoms with E-state index < -0.39 is 0 Å². The number of fused-ring (bicyclic) bond motifs is 2. The van der Waals surface area contributed by atoms with E-state index in [1.807, 2.05) is 4.93 Å². The lowest BCUT2D eigenvalue weighted by molar-refractivity contribution is -0.896. The summed E-state index contributed by atoms with van der Waals surface area (Å²) >= 11 is 16.3. The van der Waals surface area contributed by atoms with Gasteiger partial charge in [-0.25, -0.2) is 0 Å². The Balaban J connectivity index is 0.000000219. The maximum atomic E-state index is 13.1. The largest absolute Gasteiger partial charge is 1.00 e. The van der Waals surface area contributed by atoms with E-state index in [1.54, 1.807) is 60.7 Å². The van der Waals surface area contributed by atoms with Gasteiger partial charge >= 0.3 is 0 Å². The van der Waals surface area contributed by atoms with Crippen molar-refractivity contribution in [2.45, 2.75) is 38.5 Å². The number of nitrogens with one attached hydrogen (secondary N) is 3. The second-order valence-corrected chi connectivity index (χ2v) is 19.1. The first-order valence-corrected chi connectivity index (χ1v) is 24.4. The topological polar surface area (TPSA) is 145 Å². The quantitative estimate of drug-likeness (QED) is 0.0787. The Hall–Kier alpha value is -2.98. The maximum Gasteiger partial charge on any atom is 0.265 e. The number of anilines is 2. The SMILES string of the molecule is CI.C[N+]1(C)CCC(CCN2C(=O)c3cccc(NC(=O)c4ccc(Cl)s4)c3C2=O)CC1.O=C(Nc1cccc2c1C(=O)N(CCC1CCNCC1)C2=O)c1ccc(Cl)s1.[I-]. The molecule has 2 saturated heterocycles. The van der Waals surface area contributed by atoms with Gasteiger partial charge in [0.25, 0.3) is 35.4 Å². The van der Waals surface area contributed by atoms with Crippen LogP contribution in [0.5, 0.6) is 0 Å². The number of likely N-dealkylation sites (tertiary alicyclic amines) is 1. The van der Waals surface area contributed by atoms with Crippen molar-refractivity contribution in [3.63, 3.8) is 0 Å². The molecule has 6 heterocycles. The number of rotatable bonds is 10. The summed E-state index contributed by atoms with van der Waals surface area (Å²) in [5.41, 5.74) is 1.96. The number of carbonyl (C=O) groups is 6. The van der Waals surface area contributed by atoms with Gasteiger partial charge in [-0.15, -0.1) is 22.7 Å². The van der Waals surface area contributed by atoms with Crippen molar-refractivity contribution in [1.29, 1.82) is 0 Å². The average Bonchev–Trinajstić information content (AvgIpc) is 4.00. The molecule has 0 spiro atoms. The molecule has 0 radical (unpaired) electrons. The number of benzene rings is 2. The summed E-state index contributed by atoms with van der Waals surface area (Å²) in [6.07, 6.45) is 5.98. The molecule has 2 aromatic heterocycles. The van der Waals surface area contributed by atoms with Gasteiger partial charge < -0.3 is 44.4 Å². The number of hydrogen-bond donors (Lipinski definition) is 3. The van der Waals surface area contributed by atoms with Crippen molar-refractivity contribution in [1.82, 2.24) is 15.1 Å². The normalized spacial score (nSPS) is 17.1. The fraction of sp³-hybridized carbons (Fsp3) is 0.395. The molecule has 6 amide bonds. The Morgan fingerprint density at radius 3 is 1.48 bits per heavy atom. The van der Waals surface area contributed by atoms with Crippen LogP contribution in [0.2, 0.25) is 8.67 Å². The van der Waals surface area contributed by atoms with E-state index in [9.17, 15) is 28.8 Å². The van der Waals surface area contributed by atoms with Crippen LogP contribution < -0.4 is 39.9 Å². The summed E-state index contributed by atoms with van der Waals surface area (Å²) in [5.74, 6) is -0.880. The van der Waals surface area contributed by atoms with Gasteiger partial charge in [-0.05, 0) is 117 Å². The number of hydrogen-bond acceptors (Lipinski definition) is 9. The molecule has 8 rings (SSSR count). The zero-order valence-corrected chi connectivity index (χ0v) is 41.5. The van der Waals surface area contributed by atoms with Gasteiger partial charge in [-0.1, -0.05) is 57.9 Å². The summed E-state index contributed by atoms with van der Waals surface area (Å²) < 4.78 is 2.06. The summed E-state index contributed by atoms with van der Waals surface area (Å²) in [4.78, 5) is 82.1. The number of alkyl halides is 1. The third-order valence-corrected chi connectivity index (χ3v) is 13.8. The molecule has 61 heavy (non-hydrogen) atoms. The number of carbonyl (C=O) groups excluding carboxylic acids is 6. The van der Waals surface area contributed by atoms with Crippen molar-refractivity contribution in [3.05, 3.63) is 101 Å². The van der Waals surface area contributed by atoms with Gasteiger partial charge in [0.05, 0.1) is 79.2 Å². The molecule has 18 heteroatoms. The first-order chi connectivity index (χ1) is 28.8. The van der Waals surface area contributed by atoms with Crippen LogP contribution in [-0.4, -0.2) is 108 Å². The van der Waals surface area contributed by atoms with Gasteiger partial charge in [0.15, 0.2) is 0 Å². The standard InChI is InChI=1S/C22H24ClN3O3S.C20H20ClN3O3S.CH3I.HI/c1-26(2)12-9-14(10-13-26)8-11-25-21(28)15-4-3-5-16(19(15)22(25)29)24-20(27)17-6-7-18(23)30-17;21-16-5-4-15(28-16)18(25)23-14-3-1-2-13-17(14)20(27)24(19(13)26)11-8-12-6-9-22-10-7-12;1-2;/h3-7,14H,8-13H2,1-2H3;1-5,12,22H,6-11H2,(H,23,25);1H3;1H. The lowest BCUT2D eigenvalue weighted by Gasteiger charge is -2.37. The first-order valence-electron chi connectivity index (χ1n) is 19.8. The second kappa shape index (κ2) is 22.1. The molecule has 2 aromatic carbocycles. The molecule has 0 saturated carbocycles. The first kappa shape index (κ1) is 49.0. The van der Waals surface area contributed by atoms with E-state index in [1.165, 1.54) is 9.80 Å². The Labute approximate surface area is 404 Å². The van der Waals surface area contributed by atoms with Crippen LogP contribution in [0.15, 0.2) is 60.7 Å². The summed E-state index contributed by atoms with van der Waals surface area (Å²) in [6.45, 7) is 5.03. The minimum absolute atomic E-state index is 0.